The lowest BCUT2D eigenvalue weighted by Crippen LogP contribution is -2.05. The van der Waals surface area contributed by atoms with Crippen LogP contribution in [0, 0.1) is 0 Å². The van der Waals surface area contributed by atoms with Gasteiger partial charge in [0.15, 0.2) is 0 Å². The Balaban J connectivity index is 2.09. The molecule has 0 aliphatic rings. The molecule has 1 aromatic carbocycles. The lowest BCUT2D eigenvalue weighted by atomic mass is 10.1. The highest BCUT2D eigenvalue weighted by Gasteiger charge is 2.00. The van der Waals surface area contributed by atoms with Gasteiger partial charge in [0.05, 0.1) is 0 Å². The van der Waals surface area contributed by atoms with Crippen LogP contribution in [-0.2, 0) is 6.42 Å². The largest absolute Gasteiger partial charge is 0.354 e. The van der Waals surface area contributed by atoms with Gasteiger partial charge in [-0.25, -0.2) is 4.98 Å². The molecule has 2 N–H and O–H groups in total. The van der Waals surface area contributed by atoms with Crippen LogP contribution in [0.2, 0.25) is 0 Å². The summed E-state index contributed by atoms with van der Waals surface area (Å²) in [6.45, 7) is 5.15. The second kappa shape index (κ2) is 6.73. The van der Waals surface area contributed by atoms with Crippen molar-refractivity contribution in [2.45, 2.75) is 26.7 Å². The number of benzene rings is 1. The summed E-state index contributed by atoms with van der Waals surface area (Å²) in [5, 5.41) is 6.49. The van der Waals surface area contributed by atoms with E-state index in [4.69, 9.17) is 0 Å². The van der Waals surface area contributed by atoms with Crippen molar-refractivity contribution < 1.29 is 0 Å². The Hall–Kier alpha value is -2.10. The van der Waals surface area contributed by atoms with E-state index in [1.807, 2.05) is 12.1 Å². The molecule has 0 amide bonds. The Labute approximate surface area is 114 Å². The molecule has 0 aliphatic heterocycles. The van der Waals surface area contributed by atoms with Gasteiger partial charge in [0.1, 0.15) is 5.82 Å². The van der Waals surface area contributed by atoms with Gasteiger partial charge in [0.2, 0.25) is 5.95 Å². The number of rotatable bonds is 6. The molecule has 2 rings (SSSR count). The highest BCUT2D eigenvalue weighted by atomic mass is 15.1. The van der Waals surface area contributed by atoms with Crippen molar-refractivity contribution in [2.75, 3.05) is 17.2 Å². The van der Waals surface area contributed by atoms with Crippen molar-refractivity contribution in [1.29, 1.82) is 0 Å². The molecule has 0 aliphatic carbocycles. The lowest BCUT2D eigenvalue weighted by molar-refractivity contribution is 0.953. The molecule has 0 fully saturated rings. The van der Waals surface area contributed by atoms with Crippen molar-refractivity contribution in [3.05, 3.63) is 42.1 Å². The minimum atomic E-state index is 0.665. The molecule has 0 radical (unpaired) electrons. The molecule has 4 nitrogen and oxygen atoms in total. The fourth-order valence-electron chi connectivity index (χ4n) is 1.77. The third kappa shape index (κ3) is 3.95. The summed E-state index contributed by atoms with van der Waals surface area (Å²) in [5.74, 6) is 1.47. The molecule has 1 aromatic heterocycles. The van der Waals surface area contributed by atoms with Crippen LogP contribution >= 0.6 is 0 Å². The van der Waals surface area contributed by atoms with Crippen molar-refractivity contribution in [3.63, 3.8) is 0 Å². The number of hydrogen-bond donors (Lipinski definition) is 2. The second-order valence-electron chi connectivity index (χ2n) is 4.37. The predicted octanol–water partition coefficient (Wildman–Crippen LogP) is 3.60. The number of hydrogen-bond acceptors (Lipinski definition) is 4. The number of nitrogens with one attached hydrogen (secondary N) is 2. The second-order valence-corrected chi connectivity index (χ2v) is 4.37. The van der Waals surface area contributed by atoms with E-state index in [0.717, 1.165) is 30.9 Å². The van der Waals surface area contributed by atoms with E-state index in [9.17, 15) is 0 Å². The van der Waals surface area contributed by atoms with E-state index in [-0.39, 0.29) is 0 Å². The maximum atomic E-state index is 4.43. The summed E-state index contributed by atoms with van der Waals surface area (Å²) in [7, 11) is 0. The van der Waals surface area contributed by atoms with E-state index in [0.29, 0.717) is 5.95 Å². The number of anilines is 3. The zero-order valence-corrected chi connectivity index (χ0v) is 11.5. The molecule has 1 heterocycles. The monoisotopic (exact) mass is 256 g/mol. The molecular formula is C15H20N4. The van der Waals surface area contributed by atoms with Gasteiger partial charge in [-0.15, -0.1) is 0 Å². The first-order chi connectivity index (χ1) is 9.31. The Morgan fingerprint density at radius 2 is 2.05 bits per heavy atom. The molecule has 19 heavy (non-hydrogen) atoms. The van der Waals surface area contributed by atoms with Crippen molar-refractivity contribution in [1.82, 2.24) is 9.97 Å². The SMILES string of the molecule is CCCNc1nccc(Nc2cccc(CC)c2)n1. The first kappa shape index (κ1) is 13.3. The van der Waals surface area contributed by atoms with Gasteiger partial charge in [-0.3, -0.25) is 0 Å². The average Bonchev–Trinajstić information content (AvgIpc) is 2.46. The Kier molecular flexibility index (Phi) is 4.72. The van der Waals surface area contributed by atoms with Crippen LogP contribution in [0.1, 0.15) is 25.8 Å². The summed E-state index contributed by atoms with van der Waals surface area (Å²) in [5.41, 5.74) is 2.36. The highest BCUT2D eigenvalue weighted by Crippen LogP contribution is 2.16. The zero-order chi connectivity index (χ0) is 13.5. The van der Waals surface area contributed by atoms with E-state index < -0.39 is 0 Å². The normalized spacial score (nSPS) is 10.2. The minimum absolute atomic E-state index is 0.665. The fraction of sp³-hybridized carbons (Fsp3) is 0.333. The standard InChI is InChI=1S/C15H20N4/c1-3-9-16-15-17-10-8-14(19-15)18-13-7-5-6-12(4-2)11-13/h5-8,10-11H,3-4,9H2,1-2H3,(H2,16,17,18,19). The smallest absolute Gasteiger partial charge is 0.224 e. The average molecular weight is 256 g/mol. The Morgan fingerprint density at radius 1 is 1.16 bits per heavy atom. The van der Waals surface area contributed by atoms with Gasteiger partial charge in [-0.05, 0) is 36.6 Å². The van der Waals surface area contributed by atoms with Crippen LogP contribution in [0.5, 0.6) is 0 Å². The van der Waals surface area contributed by atoms with Crippen LogP contribution < -0.4 is 10.6 Å². The Bertz CT molecular complexity index is 525. The van der Waals surface area contributed by atoms with E-state index >= 15 is 0 Å². The molecule has 0 saturated carbocycles. The maximum absolute atomic E-state index is 4.43. The molecule has 0 atom stereocenters. The molecule has 0 saturated heterocycles. The van der Waals surface area contributed by atoms with Crippen LogP contribution in [0.25, 0.3) is 0 Å². The van der Waals surface area contributed by atoms with Crippen LogP contribution in [0.4, 0.5) is 17.5 Å². The topological polar surface area (TPSA) is 49.8 Å². The van der Waals surface area contributed by atoms with Gasteiger partial charge in [-0.2, -0.15) is 4.98 Å². The molecular weight excluding hydrogens is 236 g/mol. The first-order valence-electron chi connectivity index (χ1n) is 6.74. The summed E-state index contributed by atoms with van der Waals surface area (Å²) in [6, 6.07) is 10.2. The maximum Gasteiger partial charge on any atom is 0.224 e. The molecule has 0 spiro atoms. The third-order valence-corrected chi connectivity index (χ3v) is 2.80. The van der Waals surface area contributed by atoms with Crippen molar-refractivity contribution >= 4 is 17.5 Å². The van der Waals surface area contributed by atoms with Gasteiger partial charge >= 0.3 is 0 Å². The summed E-state index contributed by atoms with van der Waals surface area (Å²) >= 11 is 0. The van der Waals surface area contributed by atoms with Gasteiger partial charge in [-0.1, -0.05) is 26.0 Å². The highest BCUT2D eigenvalue weighted by molar-refractivity contribution is 5.57. The number of nitrogens with zero attached hydrogens (tertiary/aromatic N) is 2. The predicted molar refractivity (Wildman–Crippen MR) is 79.9 cm³/mol. The molecule has 4 heteroatoms. The fourth-order valence-corrected chi connectivity index (χ4v) is 1.77. The van der Waals surface area contributed by atoms with Crippen molar-refractivity contribution in [2.24, 2.45) is 0 Å². The van der Waals surface area contributed by atoms with Crippen molar-refractivity contribution in [3.8, 4) is 0 Å². The van der Waals surface area contributed by atoms with Gasteiger partial charge in [0, 0.05) is 18.4 Å². The summed E-state index contributed by atoms with van der Waals surface area (Å²) in [4.78, 5) is 8.62. The zero-order valence-electron chi connectivity index (χ0n) is 11.5. The quantitative estimate of drug-likeness (QED) is 0.829. The third-order valence-electron chi connectivity index (χ3n) is 2.80. The molecule has 0 unspecified atom stereocenters. The number of aromatic nitrogens is 2. The van der Waals surface area contributed by atoms with Gasteiger partial charge in [0.25, 0.3) is 0 Å². The first-order valence-corrected chi connectivity index (χ1v) is 6.74. The lowest BCUT2D eigenvalue weighted by Gasteiger charge is -2.08. The van der Waals surface area contributed by atoms with Crippen LogP contribution in [0.15, 0.2) is 36.5 Å². The molecule has 0 bridgehead atoms. The summed E-state index contributed by atoms with van der Waals surface area (Å²) in [6.07, 6.45) is 3.85. The molecule has 100 valence electrons. The minimum Gasteiger partial charge on any atom is -0.354 e. The van der Waals surface area contributed by atoms with E-state index in [1.165, 1.54) is 5.56 Å². The van der Waals surface area contributed by atoms with E-state index in [2.05, 4.69) is 52.6 Å². The number of aryl methyl sites for hydroxylation is 1. The van der Waals surface area contributed by atoms with Crippen LogP contribution in [0.3, 0.4) is 0 Å². The molecule has 2 aromatic rings. The van der Waals surface area contributed by atoms with E-state index in [1.54, 1.807) is 6.20 Å². The summed E-state index contributed by atoms with van der Waals surface area (Å²) < 4.78 is 0. The van der Waals surface area contributed by atoms with Gasteiger partial charge < -0.3 is 10.6 Å². The Morgan fingerprint density at radius 3 is 2.84 bits per heavy atom. The van der Waals surface area contributed by atoms with Crippen LogP contribution in [-0.4, -0.2) is 16.5 Å².